The van der Waals surface area contributed by atoms with Crippen LogP contribution in [0.15, 0.2) is 30.5 Å². The highest BCUT2D eigenvalue weighted by atomic mass is 19.1. The van der Waals surface area contributed by atoms with Crippen molar-refractivity contribution >= 4 is 5.69 Å². The highest BCUT2D eigenvalue weighted by molar-refractivity contribution is 5.44. The number of anilines is 1. The number of nitrogen functional groups attached to an aromatic ring is 1. The number of hydrogen-bond acceptors (Lipinski definition) is 2. The molecule has 0 saturated carbocycles. The molecule has 14 heavy (non-hydrogen) atoms. The number of aryl methyl sites for hydroxylation is 1. The van der Waals surface area contributed by atoms with Crippen LogP contribution in [-0.2, 0) is 0 Å². The topological polar surface area (TPSA) is 43.8 Å². The number of nitrogens with two attached hydrogens (primary N) is 1. The van der Waals surface area contributed by atoms with Crippen molar-refractivity contribution in [2.24, 2.45) is 0 Å². The monoisotopic (exact) mass is 191 g/mol. The molecule has 2 N–H and O–H groups in total. The van der Waals surface area contributed by atoms with Crippen molar-refractivity contribution in [1.29, 1.82) is 0 Å². The summed E-state index contributed by atoms with van der Waals surface area (Å²) >= 11 is 0. The van der Waals surface area contributed by atoms with E-state index in [0.29, 0.717) is 11.4 Å². The molecule has 4 heteroatoms. The Hall–Kier alpha value is -1.84. The predicted molar refractivity (Wildman–Crippen MR) is 52.7 cm³/mol. The quantitative estimate of drug-likeness (QED) is 0.699. The molecular weight excluding hydrogens is 181 g/mol. The number of aromatic nitrogens is 2. The summed E-state index contributed by atoms with van der Waals surface area (Å²) in [5.41, 5.74) is 7.40. The van der Waals surface area contributed by atoms with E-state index in [1.54, 1.807) is 31.2 Å². The number of benzene rings is 1. The van der Waals surface area contributed by atoms with Crippen LogP contribution in [0.1, 0.15) is 5.69 Å². The lowest BCUT2D eigenvalue weighted by molar-refractivity contribution is 0.618. The molecule has 0 amide bonds. The maximum atomic E-state index is 13.0. The van der Waals surface area contributed by atoms with Crippen molar-refractivity contribution in [2.75, 3.05) is 5.73 Å². The second-order valence-corrected chi connectivity index (χ2v) is 3.10. The SMILES string of the molecule is Cc1nn(-c2ccc(N)cc2)cc1F. The van der Waals surface area contributed by atoms with Crippen LogP contribution in [0.3, 0.4) is 0 Å². The van der Waals surface area contributed by atoms with Crippen LogP contribution in [0.25, 0.3) is 5.69 Å². The molecule has 0 unspecified atom stereocenters. The third-order valence-electron chi connectivity index (χ3n) is 2.00. The van der Waals surface area contributed by atoms with Gasteiger partial charge in [0.15, 0.2) is 5.82 Å². The fraction of sp³-hybridized carbons (Fsp3) is 0.100. The van der Waals surface area contributed by atoms with E-state index in [2.05, 4.69) is 5.10 Å². The molecule has 0 fully saturated rings. The molecule has 0 bridgehead atoms. The lowest BCUT2D eigenvalue weighted by atomic mass is 10.3. The molecule has 0 spiro atoms. The maximum Gasteiger partial charge on any atom is 0.164 e. The van der Waals surface area contributed by atoms with Crippen molar-refractivity contribution in [3.63, 3.8) is 0 Å². The average Bonchev–Trinajstić information content (AvgIpc) is 2.48. The van der Waals surface area contributed by atoms with Crippen molar-refractivity contribution in [2.45, 2.75) is 6.92 Å². The first-order chi connectivity index (χ1) is 6.66. The molecule has 0 aliphatic rings. The number of hydrogen-bond donors (Lipinski definition) is 1. The van der Waals surface area contributed by atoms with Crippen LogP contribution in [0.4, 0.5) is 10.1 Å². The van der Waals surface area contributed by atoms with Crippen LogP contribution in [0, 0.1) is 12.7 Å². The summed E-state index contributed by atoms with van der Waals surface area (Å²) in [6, 6.07) is 7.09. The van der Waals surface area contributed by atoms with Crippen LogP contribution < -0.4 is 5.73 Å². The summed E-state index contributed by atoms with van der Waals surface area (Å²) in [6.07, 6.45) is 1.35. The summed E-state index contributed by atoms with van der Waals surface area (Å²) in [7, 11) is 0. The van der Waals surface area contributed by atoms with Gasteiger partial charge in [0.1, 0.15) is 0 Å². The molecule has 3 nitrogen and oxygen atoms in total. The highest BCUT2D eigenvalue weighted by Crippen LogP contribution is 2.12. The average molecular weight is 191 g/mol. The van der Waals surface area contributed by atoms with E-state index in [1.165, 1.54) is 10.9 Å². The fourth-order valence-corrected chi connectivity index (χ4v) is 1.20. The largest absolute Gasteiger partial charge is 0.399 e. The molecule has 2 rings (SSSR count). The standard InChI is InChI=1S/C10H10FN3/c1-7-10(11)6-14(13-7)9-4-2-8(12)3-5-9/h2-6H,12H2,1H3. The van der Waals surface area contributed by atoms with Crippen molar-refractivity contribution in [3.8, 4) is 5.69 Å². The first-order valence-electron chi connectivity index (χ1n) is 4.24. The van der Waals surface area contributed by atoms with E-state index in [1.807, 2.05) is 0 Å². The normalized spacial score (nSPS) is 10.4. The van der Waals surface area contributed by atoms with Gasteiger partial charge >= 0.3 is 0 Å². The van der Waals surface area contributed by atoms with E-state index >= 15 is 0 Å². The van der Waals surface area contributed by atoms with Crippen LogP contribution in [-0.4, -0.2) is 9.78 Å². The van der Waals surface area contributed by atoms with Gasteiger partial charge in [-0.25, -0.2) is 9.07 Å². The van der Waals surface area contributed by atoms with Gasteiger partial charge in [0, 0.05) is 5.69 Å². The molecule has 0 saturated heterocycles. The van der Waals surface area contributed by atoms with Gasteiger partial charge in [0.05, 0.1) is 17.6 Å². The minimum atomic E-state index is -0.304. The molecule has 1 aromatic carbocycles. The Kier molecular flexibility index (Phi) is 1.96. The van der Waals surface area contributed by atoms with Gasteiger partial charge in [0.2, 0.25) is 0 Å². The Bertz CT molecular complexity index is 425. The molecule has 1 heterocycles. The lowest BCUT2D eigenvalue weighted by Crippen LogP contribution is -1.95. The highest BCUT2D eigenvalue weighted by Gasteiger charge is 2.04. The second kappa shape index (κ2) is 3.14. The molecule has 0 aliphatic heterocycles. The third-order valence-corrected chi connectivity index (χ3v) is 2.00. The zero-order valence-corrected chi connectivity index (χ0v) is 7.74. The van der Waals surface area contributed by atoms with Gasteiger partial charge < -0.3 is 5.73 Å². The van der Waals surface area contributed by atoms with Gasteiger partial charge in [-0.3, -0.25) is 0 Å². The number of rotatable bonds is 1. The Labute approximate surface area is 81.0 Å². The Balaban J connectivity index is 2.44. The summed E-state index contributed by atoms with van der Waals surface area (Å²) < 4.78 is 14.5. The first-order valence-corrected chi connectivity index (χ1v) is 4.24. The van der Waals surface area contributed by atoms with E-state index in [-0.39, 0.29) is 5.82 Å². The van der Waals surface area contributed by atoms with Gasteiger partial charge in [-0.15, -0.1) is 0 Å². The van der Waals surface area contributed by atoms with E-state index < -0.39 is 0 Å². The fourth-order valence-electron chi connectivity index (χ4n) is 1.20. The second-order valence-electron chi connectivity index (χ2n) is 3.10. The minimum Gasteiger partial charge on any atom is -0.399 e. The van der Waals surface area contributed by atoms with Crippen molar-refractivity contribution in [1.82, 2.24) is 9.78 Å². The summed E-state index contributed by atoms with van der Waals surface area (Å²) in [5.74, 6) is -0.304. The van der Waals surface area contributed by atoms with E-state index in [9.17, 15) is 4.39 Å². The summed E-state index contributed by atoms with van der Waals surface area (Å²) in [6.45, 7) is 1.63. The smallest absolute Gasteiger partial charge is 0.164 e. The van der Waals surface area contributed by atoms with Crippen molar-refractivity contribution in [3.05, 3.63) is 42.0 Å². The Morgan fingerprint density at radius 1 is 1.29 bits per heavy atom. The Morgan fingerprint density at radius 2 is 1.93 bits per heavy atom. The van der Waals surface area contributed by atoms with Gasteiger partial charge in [-0.05, 0) is 31.2 Å². The van der Waals surface area contributed by atoms with Crippen molar-refractivity contribution < 1.29 is 4.39 Å². The third kappa shape index (κ3) is 1.46. The maximum absolute atomic E-state index is 13.0. The summed E-state index contributed by atoms with van der Waals surface area (Å²) in [5, 5.41) is 4.01. The number of halogens is 1. The molecule has 2 aromatic rings. The first kappa shape index (κ1) is 8.74. The predicted octanol–water partition coefficient (Wildman–Crippen LogP) is 1.90. The molecule has 0 aliphatic carbocycles. The van der Waals surface area contributed by atoms with Crippen LogP contribution in [0.2, 0.25) is 0 Å². The van der Waals surface area contributed by atoms with E-state index in [4.69, 9.17) is 5.73 Å². The van der Waals surface area contributed by atoms with E-state index in [0.717, 1.165) is 5.69 Å². The Morgan fingerprint density at radius 3 is 2.43 bits per heavy atom. The van der Waals surface area contributed by atoms with Gasteiger partial charge in [-0.1, -0.05) is 0 Å². The molecular formula is C10H10FN3. The minimum absolute atomic E-state index is 0.304. The zero-order valence-electron chi connectivity index (χ0n) is 7.74. The summed E-state index contributed by atoms with van der Waals surface area (Å²) in [4.78, 5) is 0. The van der Waals surface area contributed by atoms with Gasteiger partial charge in [-0.2, -0.15) is 5.10 Å². The van der Waals surface area contributed by atoms with Crippen LogP contribution in [0.5, 0.6) is 0 Å². The van der Waals surface area contributed by atoms with Crippen LogP contribution >= 0.6 is 0 Å². The zero-order chi connectivity index (χ0) is 10.1. The number of nitrogens with zero attached hydrogens (tertiary/aromatic N) is 2. The van der Waals surface area contributed by atoms with Gasteiger partial charge in [0.25, 0.3) is 0 Å². The molecule has 1 aromatic heterocycles. The molecule has 72 valence electrons. The molecule has 0 atom stereocenters. The molecule has 0 radical (unpaired) electrons. The lowest BCUT2D eigenvalue weighted by Gasteiger charge is -2.00.